The summed E-state index contributed by atoms with van der Waals surface area (Å²) in [5, 5.41) is 5.74. The van der Waals surface area contributed by atoms with Crippen molar-refractivity contribution in [1.82, 2.24) is 20.3 Å². The minimum absolute atomic E-state index is 0.177. The molecule has 11 nitrogen and oxygen atoms in total. The number of carbonyl (C=O) groups excluding carboxylic acids is 4. The van der Waals surface area contributed by atoms with Gasteiger partial charge in [0.1, 0.15) is 23.2 Å². The van der Waals surface area contributed by atoms with Crippen molar-refractivity contribution < 1.29 is 32.3 Å². The lowest BCUT2D eigenvalue weighted by atomic mass is 10.0. The van der Waals surface area contributed by atoms with E-state index in [-0.39, 0.29) is 11.4 Å². The van der Waals surface area contributed by atoms with E-state index in [0.717, 1.165) is 12.8 Å². The summed E-state index contributed by atoms with van der Waals surface area (Å²) in [5.41, 5.74) is 1.15. The Morgan fingerprint density at radius 2 is 1.89 bits per heavy atom. The van der Waals surface area contributed by atoms with E-state index >= 15 is 0 Å². The predicted molar refractivity (Wildman–Crippen MR) is 165 cm³/mol. The van der Waals surface area contributed by atoms with Crippen molar-refractivity contribution in [1.29, 1.82) is 0 Å². The van der Waals surface area contributed by atoms with Crippen molar-refractivity contribution in [2.24, 2.45) is 5.92 Å². The minimum atomic E-state index is -4.16. The summed E-state index contributed by atoms with van der Waals surface area (Å²) in [4.78, 5) is 55.0. The first kappa shape index (κ1) is 33.6. The average Bonchev–Trinajstić information content (AvgIpc) is 3.38. The van der Waals surface area contributed by atoms with Crippen LogP contribution in [0.1, 0.15) is 77.7 Å². The van der Waals surface area contributed by atoms with Gasteiger partial charge in [0.15, 0.2) is 0 Å². The molecule has 0 spiro atoms. The maximum Gasteiger partial charge on any atom is 0.408 e. The van der Waals surface area contributed by atoms with Gasteiger partial charge in [0.05, 0.1) is 5.75 Å². The number of nitrogens with zero attached hydrogens (tertiary/aromatic N) is 1. The quantitative estimate of drug-likeness (QED) is 0.412. The first-order valence-electron chi connectivity index (χ1n) is 15.0. The molecule has 240 valence electrons. The molecule has 3 N–H and O–H groups in total. The number of nitrogens with one attached hydrogen (secondary N) is 3. The zero-order valence-electron chi connectivity index (χ0n) is 25.4. The van der Waals surface area contributed by atoms with Crippen LogP contribution >= 0.6 is 11.6 Å². The summed E-state index contributed by atoms with van der Waals surface area (Å²) in [7, 11) is -4.16. The van der Waals surface area contributed by atoms with Gasteiger partial charge in [0, 0.05) is 17.5 Å². The van der Waals surface area contributed by atoms with Gasteiger partial charge >= 0.3 is 6.09 Å². The highest BCUT2D eigenvalue weighted by Crippen LogP contribution is 2.45. The van der Waals surface area contributed by atoms with E-state index < -0.39 is 68.7 Å². The molecule has 2 aliphatic heterocycles. The lowest BCUT2D eigenvalue weighted by molar-refractivity contribution is -0.141. The molecule has 2 heterocycles. The third-order valence-electron chi connectivity index (χ3n) is 7.90. The lowest BCUT2D eigenvalue weighted by Gasteiger charge is -2.30. The van der Waals surface area contributed by atoms with E-state index in [1.807, 2.05) is 6.08 Å². The van der Waals surface area contributed by atoms with E-state index in [9.17, 15) is 27.6 Å². The SMILES string of the molecule is CC(C)(C)OC(=O)N[C@H]1CCCCCC=C=C[C@@H]2C[C@@]2(C(=O)NS(=O)(=O)Cc2ccccc2Cl)NC(=O)[C@@H]2CCCN2C1=O. The molecule has 4 atom stereocenters. The first-order chi connectivity index (χ1) is 20.7. The molecular weight excluding hydrogens is 608 g/mol. The van der Waals surface area contributed by atoms with Crippen LogP contribution in [0.25, 0.3) is 0 Å². The van der Waals surface area contributed by atoms with Crippen LogP contribution < -0.4 is 15.4 Å². The summed E-state index contributed by atoms with van der Waals surface area (Å²) in [5.74, 6) is -2.81. The summed E-state index contributed by atoms with van der Waals surface area (Å²) >= 11 is 6.14. The van der Waals surface area contributed by atoms with Crippen molar-refractivity contribution in [3.63, 3.8) is 0 Å². The van der Waals surface area contributed by atoms with Gasteiger partial charge in [0.25, 0.3) is 5.91 Å². The van der Waals surface area contributed by atoms with Gasteiger partial charge < -0.3 is 20.3 Å². The third-order valence-corrected chi connectivity index (χ3v) is 9.46. The summed E-state index contributed by atoms with van der Waals surface area (Å²) in [6.07, 6.45) is 7.29. The second-order valence-corrected chi connectivity index (χ2v) is 14.7. The second kappa shape index (κ2) is 13.7. The van der Waals surface area contributed by atoms with Crippen LogP contribution in [0.3, 0.4) is 0 Å². The summed E-state index contributed by atoms with van der Waals surface area (Å²) in [6.45, 7) is 5.50. The third kappa shape index (κ3) is 8.64. The first-order valence-corrected chi connectivity index (χ1v) is 17.1. The molecule has 1 saturated heterocycles. The van der Waals surface area contributed by atoms with E-state index in [2.05, 4.69) is 21.1 Å². The number of alkyl carbamates (subject to hydrolysis) is 1. The van der Waals surface area contributed by atoms with Crippen LogP contribution in [0.5, 0.6) is 0 Å². The van der Waals surface area contributed by atoms with Crippen molar-refractivity contribution >= 4 is 45.4 Å². The topological polar surface area (TPSA) is 151 Å². The zero-order valence-corrected chi connectivity index (χ0v) is 26.9. The molecule has 3 aliphatic rings. The van der Waals surface area contributed by atoms with Gasteiger partial charge in [-0.2, -0.15) is 0 Å². The monoisotopic (exact) mass is 648 g/mol. The van der Waals surface area contributed by atoms with Crippen molar-refractivity contribution in [3.8, 4) is 0 Å². The Labute approximate surface area is 263 Å². The Balaban J connectivity index is 1.56. The highest BCUT2D eigenvalue weighted by atomic mass is 35.5. The molecule has 0 unspecified atom stereocenters. The van der Waals surface area contributed by atoms with Crippen molar-refractivity contribution in [2.45, 2.75) is 101 Å². The fraction of sp³-hybridized carbons (Fsp3) is 0.581. The summed E-state index contributed by atoms with van der Waals surface area (Å²) in [6, 6.07) is 4.67. The number of hydrogen-bond donors (Lipinski definition) is 3. The smallest absolute Gasteiger partial charge is 0.408 e. The number of benzene rings is 1. The standard InChI is InChI=1S/C31H41ClN4O7S/c1-30(2,3)43-29(40)33-24-16-9-7-5-4-6-8-14-22-19-31(22,34-26(37)25-17-12-18-36(25)27(24)38)28(39)35-44(41,42)20-21-13-10-11-15-23(21)32/h6,10-11,13-15,22,24-25H,4-5,7,9,12,16-20H2,1-3H3,(H,33,40)(H,34,37)(H,35,39)/t8?,22-,24+,25+,31-/m1/s1. The highest BCUT2D eigenvalue weighted by Gasteiger charge is 2.61. The van der Waals surface area contributed by atoms with E-state index in [4.69, 9.17) is 16.3 Å². The molecule has 4 rings (SSSR count). The number of carbonyl (C=O) groups is 4. The molecule has 1 saturated carbocycles. The van der Waals surface area contributed by atoms with Crippen LogP contribution in [-0.2, 0) is 34.9 Å². The summed E-state index contributed by atoms with van der Waals surface area (Å²) < 4.78 is 33.5. The predicted octanol–water partition coefficient (Wildman–Crippen LogP) is 3.72. The number of sulfonamides is 1. The van der Waals surface area contributed by atoms with Gasteiger partial charge in [-0.3, -0.25) is 19.1 Å². The molecule has 44 heavy (non-hydrogen) atoms. The van der Waals surface area contributed by atoms with E-state index in [1.54, 1.807) is 51.1 Å². The lowest BCUT2D eigenvalue weighted by Crippen LogP contribution is -2.58. The van der Waals surface area contributed by atoms with E-state index in [0.29, 0.717) is 44.2 Å². The molecule has 0 radical (unpaired) electrons. The number of rotatable bonds is 5. The van der Waals surface area contributed by atoms with Gasteiger partial charge in [-0.15, -0.1) is 5.73 Å². The minimum Gasteiger partial charge on any atom is -0.444 e. The molecule has 13 heteroatoms. The molecule has 1 aliphatic carbocycles. The van der Waals surface area contributed by atoms with E-state index in [1.165, 1.54) is 4.90 Å². The number of ether oxygens (including phenoxy) is 1. The van der Waals surface area contributed by atoms with Crippen LogP contribution in [0.2, 0.25) is 5.02 Å². The van der Waals surface area contributed by atoms with Crippen LogP contribution in [-0.4, -0.2) is 66.9 Å². The molecule has 2 fully saturated rings. The van der Waals surface area contributed by atoms with Crippen LogP contribution in [0.4, 0.5) is 4.79 Å². The molecule has 1 aromatic rings. The maximum absolute atomic E-state index is 13.7. The van der Waals surface area contributed by atoms with Crippen LogP contribution in [0, 0.1) is 5.92 Å². The Bertz CT molecular complexity index is 1450. The normalized spacial score (nSPS) is 26.3. The largest absolute Gasteiger partial charge is 0.444 e. The van der Waals surface area contributed by atoms with Crippen molar-refractivity contribution in [2.75, 3.05) is 6.54 Å². The molecular formula is C31H41ClN4O7S. The molecule has 0 aromatic heterocycles. The van der Waals surface area contributed by atoms with Gasteiger partial charge in [0.2, 0.25) is 21.8 Å². The fourth-order valence-corrected chi connectivity index (χ4v) is 7.07. The second-order valence-electron chi connectivity index (χ2n) is 12.6. The number of amides is 4. The molecule has 1 aromatic carbocycles. The zero-order chi connectivity index (χ0) is 32.1. The van der Waals surface area contributed by atoms with Gasteiger partial charge in [-0.05, 0) is 83.1 Å². The van der Waals surface area contributed by atoms with Gasteiger partial charge in [-0.25, -0.2) is 13.2 Å². The van der Waals surface area contributed by atoms with Crippen LogP contribution in [0.15, 0.2) is 42.1 Å². The van der Waals surface area contributed by atoms with Crippen molar-refractivity contribution in [3.05, 3.63) is 52.7 Å². The Kier molecular flexibility index (Phi) is 10.5. The Morgan fingerprint density at radius 3 is 2.61 bits per heavy atom. The number of halogens is 1. The molecule has 0 bridgehead atoms. The number of fused-ring (bicyclic) bond motifs is 2. The number of hydrogen-bond acceptors (Lipinski definition) is 7. The Hall–Kier alpha value is -3.34. The molecule has 4 amide bonds. The highest BCUT2D eigenvalue weighted by molar-refractivity contribution is 7.89. The average molecular weight is 649 g/mol. The fourth-order valence-electron chi connectivity index (χ4n) is 5.59. The van der Waals surface area contributed by atoms with Gasteiger partial charge in [-0.1, -0.05) is 42.6 Å². The maximum atomic E-state index is 13.7. The Morgan fingerprint density at radius 1 is 1.14 bits per heavy atom.